The molecule has 0 aliphatic heterocycles. The second-order valence-electron chi connectivity index (χ2n) is 8.76. The molecule has 0 saturated heterocycles. The number of pyridine rings is 1. The monoisotopic (exact) mass is 427 g/mol. The normalized spacial score (nSPS) is 12.3. The van der Waals surface area contributed by atoms with Crippen LogP contribution in [-0.2, 0) is 9.47 Å². The van der Waals surface area contributed by atoms with E-state index in [1.165, 1.54) is 0 Å². The lowest BCUT2D eigenvalue weighted by Crippen LogP contribution is -2.49. The van der Waals surface area contributed by atoms with Crippen LogP contribution in [0, 0.1) is 0 Å². The predicted octanol–water partition coefficient (Wildman–Crippen LogP) is 4.45. The number of aromatic nitrogens is 1. The Morgan fingerprint density at radius 3 is 2.06 bits per heavy atom. The number of hydrogen-bond donors (Lipinski definition) is 2. The summed E-state index contributed by atoms with van der Waals surface area (Å²) in [5, 5.41) is 0. The van der Waals surface area contributed by atoms with Crippen LogP contribution in [-0.4, -0.2) is 39.2 Å². The first kappa shape index (κ1) is 23.7. The zero-order valence-corrected chi connectivity index (χ0v) is 18.7. The van der Waals surface area contributed by atoms with Crippen LogP contribution in [0.4, 0.5) is 21.0 Å². The summed E-state index contributed by atoms with van der Waals surface area (Å²) in [6, 6.07) is 10.4. The van der Waals surface area contributed by atoms with E-state index in [2.05, 4.69) is 9.98 Å². The van der Waals surface area contributed by atoms with Crippen LogP contribution in [0.2, 0.25) is 0 Å². The highest BCUT2D eigenvalue weighted by molar-refractivity contribution is 6.08. The van der Waals surface area contributed by atoms with Crippen LogP contribution in [0.3, 0.4) is 0 Å². The summed E-state index contributed by atoms with van der Waals surface area (Å²) in [6.45, 7) is 10.0. The molecule has 166 valence electrons. The van der Waals surface area contributed by atoms with Crippen molar-refractivity contribution in [3.05, 3.63) is 42.6 Å². The number of anilines is 1. The highest BCUT2D eigenvalue weighted by Crippen LogP contribution is 2.27. The second kappa shape index (κ2) is 9.03. The van der Waals surface area contributed by atoms with Gasteiger partial charge in [-0.15, -0.1) is 4.90 Å². The van der Waals surface area contributed by atoms with Crippen molar-refractivity contribution >= 4 is 29.5 Å². The SMILES string of the molecule is CC(C)(C)OC(=O)N(C(=O)OC(C)(C)C)C(N)=Nc1cccc(-c2ncccc2N)c1. The average molecular weight is 428 g/mol. The topological polar surface area (TPSA) is 133 Å². The van der Waals surface area contributed by atoms with Crippen molar-refractivity contribution in [2.24, 2.45) is 10.7 Å². The summed E-state index contributed by atoms with van der Waals surface area (Å²) in [6.07, 6.45) is -0.357. The van der Waals surface area contributed by atoms with Crippen LogP contribution in [0.1, 0.15) is 41.5 Å². The Bertz CT molecular complexity index is 962. The third kappa shape index (κ3) is 6.98. The lowest BCUT2D eigenvalue weighted by molar-refractivity contribution is 0.0145. The summed E-state index contributed by atoms with van der Waals surface area (Å²) in [7, 11) is 0. The Labute approximate surface area is 182 Å². The molecule has 0 aliphatic rings. The van der Waals surface area contributed by atoms with Gasteiger partial charge in [-0.3, -0.25) is 4.98 Å². The molecule has 4 N–H and O–H groups in total. The number of aliphatic imine (C=N–C) groups is 1. The number of benzene rings is 1. The number of guanidine groups is 1. The van der Waals surface area contributed by atoms with Crippen LogP contribution < -0.4 is 11.5 Å². The van der Waals surface area contributed by atoms with Crippen molar-refractivity contribution in [3.63, 3.8) is 0 Å². The van der Waals surface area contributed by atoms with Gasteiger partial charge in [0.2, 0.25) is 5.96 Å². The van der Waals surface area contributed by atoms with Gasteiger partial charge >= 0.3 is 12.2 Å². The second-order valence-corrected chi connectivity index (χ2v) is 8.76. The van der Waals surface area contributed by atoms with E-state index in [0.717, 1.165) is 0 Å². The van der Waals surface area contributed by atoms with E-state index in [4.69, 9.17) is 20.9 Å². The Kier molecular flexibility index (Phi) is 6.89. The summed E-state index contributed by atoms with van der Waals surface area (Å²) in [5.41, 5.74) is 12.5. The molecule has 0 atom stereocenters. The number of imide groups is 1. The molecule has 2 rings (SSSR count). The molecule has 0 radical (unpaired) electrons. The van der Waals surface area contributed by atoms with E-state index in [1.807, 2.05) is 6.07 Å². The van der Waals surface area contributed by atoms with Crippen LogP contribution in [0.5, 0.6) is 0 Å². The van der Waals surface area contributed by atoms with Crippen LogP contribution in [0.25, 0.3) is 11.3 Å². The molecule has 0 unspecified atom stereocenters. The number of rotatable bonds is 2. The third-order valence-corrected chi connectivity index (χ3v) is 3.58. The highest BCUT2D eigenvalue weighted by atomic mass is 16.6. The molecule has 1 aromatic heterocycles. The van der Waals surface area contributed by atoms with E-state index in [0.29, 0.717) is 27.5 Å². The van der Waals surface area contributed by atoms with Gasteiger partial charge in [-0.2, -0.15) is 0 Å². The first-order valence-corrected chi connectivity index (χ1v) is 9.68. The van der Waals surface area contributed by atoms with E-state index in [9.17, 15) is 9.59 Å². The Morgan fingerprint density at radius 1 is 0.968 bits per heavy atom. The molecule has 9 heteroatoms. The minimum atomic E-state index is -0.992. The maximum Gasteiger partial charge on any atom is 0.427 e. The zero-order valence-electron chi connectivity index (χ0n) is 18.7. The van der Waals surface area contributed by atoms with Crippen molar-refractivity contribution in [2.75, 3.05) is 5.73 Å². The number of carbonyl (C=O) groups excluding carboxylic acids is 2. The third-order valence-electron chi connectivity index (χ3n) is 3.58. The first-order chi connectivity index (χ1) is 14.3. The fraction of sp³-hybridized carbons (Fsp3) is 0.364. The maximum absolute atomic E-state index is 12.7. The number of amides is 2. The number of nitrogens with two attached hydrogens (primary N) is 2. The highest BCUT2D eigenvalue weighted by Gasteiger charge is 2.34. The number of carbonyl (C=O) groups is 2. The predicted molar refractivity (Wildman–Crippen MR) is 120 cm³/mol. The molecule has 1 heterocycles. The average Bonchev–Trinajstić information content (AvgIpc) is 2.59. The van der Waals surface area contributed by atoms with Gasteiger partial charge in [0, 0.05) is 11.8 Å². The molecule has 0 fully saturated rings. The summed E-state index contributed by atoms with van der Waals surface area (Å²) >= 11 is 0. The fourth-order valence-corrected chi connectivity index (χ4v) is 2.44. The molecule has 9 nitrogen and oxygen atoms in total. The van der Waals surface area contributed by atoms with Crippen molar-refractivity contribution in [1.29, 1.82) is 0 Å². The minimum absolute atomic E-state index is 0.386. The number of nitrogen functional groups attached to an aromatic ring is 1. The Balaban J connectivity index is 2.42. The van der Waals surface area contributed by atoms with Gasteiger partial charge in [-0.05, 0) is 65.8 Å². The Hall–Kier alpha value is -3.62. The van der Waals surface area contributed by atoms with Crippen LogP contribution >= 0.6 is 0 Å². The number of ether oxygens (including phenoxy) is 2. The summed E-state index contributed by atoms with van der Waals surface area (Å²) in [4.78, 5) is 34.4. The molecular formula is C22H29N5O4. The molecule has 0 saturated carbocycles. The quantitative estimate of drug-likeness (QED) is 0.534. The maximum atomic E-state index is 12.7. The van der Waals surface area contributed by atoms with E-state index >= 15 is 0 Å². The summed E-state index contributed by atoms with van der Waals surface area (Å²) < 4.78 is 10.6. The van der Waals surface area contributed by atoms with Gasteiger partial charge in [0.15, 0.2) is 0 Å². The van der Waals surface area contributed by atoms with Gasteiger partial charge in [0.05, 0.1) is 17.1 Å². The standard InChI is InChI=1S/C22H29N5O4/c1-21(2,3)30-19(28)27(20(29)31-22(4,5)6)18(24)26-15-10-7-9-14(13-15)17-16(23)11-8-12-25-17/h7-13H,23H2,1-6H3,(H2,24,26). The van der Waals surface area contributed by atoms with E-state index < -0.39 is 29.3 Å². The van der Waals surface area contributed by atoms with Crippen molar-refractivity contribution in [1.82, 2.24) is 9.88 Å². The largest absolute Gasteiger partial charge is 0.443 e. The Morgan fingerprint density at radius 2 is 1.55 bits per heavy atom. The van der Waals surface area contributed by atoms with Gasteiger partial charge in [0.1, 0.15) is 11.2 Å². The number of nitrogens with zero attached hydrogens (tertiary/aromatic N) is 3. The first-order valence-electron chi connectivity index (χ1n) is 9.68. The number of hydrogen-bond acceptors (Lipinski definition) is 7. The molecule has 0 spiro atoms. The minimum Gasteiger partial charge on any atom is -0.443 e. The van der Waals surface area contributed by atoms with Crippen molar-refractivity contribution < 1.29 is 19.1 Å². The van der Waals surface area contributed by atoms with E-state index in [-0.39, 0.29) is 0 Å². The molecule has 31 heavy (non-hydrogen) atoms. The fourth-order valence-electron chi connectivity index (χ4n) is 2.44. The lowest BCUT2D eigenvalue weighted by Gasteiger charge is -2.27. The molecule has 2 amide bonds. The molecule has 1 aromatic carbocycles. The van der Waals surface area contributed by atoms with E-state index in [1.54, 1.807) is 78.1 Å². The van der Waals surface area contributed by atoms with Crippen LogP contribution in [0.15, 0.2) is 47.6 Å². The lowest BCUT2D eigenvalue weighted by atomic mass is 10.1. The molecule has 0 aliphatic carbocycles. The van der Waals surface area contributed by atoms with Crippen molar-refractivity contribution in [3.8, 4) is 11.3 Å². The van der Waals surface area contributed by atoms with Gasteiger partial charge in [-0.1, -0.05) is 12.1 Å². The molecule has 2 aromatic rings. The summed E-state index contributed by atoms with van der Waals surface area (Å²) in [5.74, 6) is -0.394. The zero-order chi connectivity index (χ0) is 23.4. The van der Waals surface area contributed by atoms with Crippen molar-refractivity contribution in [2.45, 2.75) is 52.7 Å². The van der Waals surface area contributed by atoms with Gasteiger partial charge in [0.25, 0.3) is 0 Å². The molecule has 0 bridgehead atoms. The van der Waals surface area contributed by atoms with Gasteiger partial charge < -0.3 is 20.9 Å². The molecular weight excluding hydrogens is 398 g/mol. The van der Waals surface area contributed by atoms with Gasteiger partial charge in [-0.25, -0.2) is 14.6 Å². The smallest absolute Gasteiger partial charge is 0.427 e.